The minimum atomic E-state index is -0.0929. The number of para-hydroxylation sites is 1. The Labute approximate surface area is 156 Å². The van der Waals surface area contributed by atoms with E-state index in [9.17, 15) is 4.79 Å². The first-order valence-corrected chi connectivity index (χ1v) is 8.88. The third-order valence-corrected chi connectivity index (χ3v) is 4.98. The Bertz CT molecular complexity index is 967. The monoisotopic (exact) mass is 370 g/mol. The summed E-state index contributed by atoms with van der Waals surface area (Å²) in [4.78, 5) is 15.8. The van der Waals surface area contributed by atoms with Crippen LogP contribution in [0.3, 0.4) is 0 Å². The number of methoxy groups -OCH3 is 1. The predicted octanol–water partition coefficient (Wildman–Crippen LogP) is 4.01. The van der Waals surface area contributed by atoms with Crippen LogP contribution in [0.5, 0.6) is 11.5 Å². The molecule has 1 aromatic heterocycles. The van der Waals surface area contributed by atoms with Gasteiger partial charge in [-0.05, 0) is 29.8 Å². The number of rotatable bonds is 4. The number of amides is 1. The van der Waals surface area contributed by atoms with Gasteiger partial charge in [-0.2, -0.15) is 0 Å². The Morgan fingerprint density at radius 2 is 2.27 bits per heavy atom. The summed E-state index contributed by atoms with van der Waals surface area (Å²) < 4.78 is 10.9. The quantitative estimate of drug-likeness (QED) is 0.729. The van der Waals surface area contributed by atoms with E-state index < -0.39 is 0 Å². The van der Waals surface area contributed by atoms with E-state index in [1.54, 1.807) is 13.2 Å². The van der Waals surface area contributed by atoms with Gasteiger partial charge in [0.15, 0.2) is 0 Å². The molecule has 2 aromatic carbocycles. The second kappa shape index (κ2) is 6.92. The number of fused-ring (bicyclic) bond motifs is 2. The predicted molar refractivity (Wildman–Crippen MR) is 101 cm³/mol. The largest absolute Gasteiger partial charge is 0.497 e. The molecule has 0 bridgehead atoms. The fourth-order valence-corrected chi connectivity index (χ4v) is 3.62. The summed E-state index contributed by atoms with van der Waals surface area (Å²) in [6.45, 7) is 0.534. The van der Waals surface area contributed by atoms with Gasteiger partial charge in [0, 0.05) is 29.1 Å². The number of ether oxygens (including phenoxy) is 2. The molecule has 2 heterocycles. The van der Waals surface area contributed by atoms with Crippen molar-refractivity contribution in [2.24, 2.45) is 0 Å². The van der Waals surface area contributed by atoms with E-state index >= 15 is 0 Å². The molecule has 0 fully saturated rings. The van der Waals surface area contributed by atoms with Crippen LogP contribution in [-0.2, 0) is 11.2 Å². The first kappa shape index (κ1) is 16.8. The highest BCUT2D eigenvalue weighted by molar-refractivity contribution is 6.32. The van der Waals surface area contributed by atoms with E-state index in [1.165, 1.54) is 0 Å². The average Bonchev–Trinajstić information content (AvgIpc) is 3.04. The molecule has 0 saturated heterocycles. The SMILES string of the molecule is COc1ccc2[nH]cc(CC(=O)NC3CCOc4c(Cl)cccc43)c2c1. The second-order valence-electron chi connectivity index (χ2n) is 6.32. The minimum absolute atomic E-state index is 0.0356. The van der Waals surface area contributed by atoms with Gasteiger partial charge in [-0.15, -0.1) is 0 Å². The fourth-order valence-electron chi connectivity index (χ4n) is 3.39. The van der Waals surface area contributed by atoms with Crippen LogP contribution in [0.1, 0.15) is 23.6 Å². The number of carbonyl (C=O) groups excluding carboxylic acids is 1. The van der Waals surface area contributed by atoms with Gasteiger partial charge in [-0.3, -0.25) is 4.79 Å². The molecule has 26 heavy (non-hydrogen) atoms. The summed E-state index contributed by atoms with van der Waals surface area (Å²) in [6.07, 6.45) is 2.89. The Hall–Kier alpha value is -2.66. The van der Waals surface area contributed by atoms with Gasteiger partial charge in [-0.25, -0.2) is 0 Å². The number of aromatic nitrogens is 1. The molecular weight excluding hydrogens is 352 g/mol. The number of aromatic amines is 1. The summed E-state index contributed by atoms with van der Waals surface area (Å²) in [7, 11) is 1.63. The maximum absolute atomic E-state index is 12.6. The van der Waals surface area contributed by atoms with Crippen molar-refractivity contribution in [3.8, 4) is 11.5 Å². The van der Waals surface area contributed by atoms with Crippen molar-refractivity contribution in [3.63, 3.8) is 0 Å². The Balaban J connectivity index is 1.53. The fraction of sp³-hybridized carbons (Fsp3) is 0.250. The van der Waals surface area contributed by atoms with Crippen molar-refractivity contribution in [2.75, 3.05) is 13.7 Å². The van der Waals surface area contributed by atoms with Crippen molar-refractivity contribution < 1.29 is 14.3 Å². The number of halogens is 1. The molecule has 3 aromatic rings. The summed E-state index contributed by atoms with van der Waals surface area (Å²) in [5.41, 5.74) is 2.85. The number of hydrogen-bond donors (Lipinski definition) is 2. The van der Waals surface area contributed by atoms with Gasteiger partial charge >= 0.3 is 0 Å². The highest BCUT2D eigenvalue weighted by atomic mass is 35.5. The van der Waals surface area contributed by atoms with Crippen molar-refractivity contribution >= 4 is 28.4 Å². The van der Waals surface area contributed by atoms with Crippen LogP contribution < -0.4 is 14.8 Å². The summed E-state index contributed by atoms with van der Waals surface area (Å²) in [5.74, 6) is 1.40. The topological polar surface area (TPSA) is 63.4 Å². The zero-order chi connectivity index (χ0) is 18.1. The lowest BCUT2D eigenvalue weighted by molar-refractivity contribution is -0.121. The molecule has 2 N–H and O–H groups in total. The van der Waals surface area contributed by atoms with E-state index in [2.05, 4.69) is 10.3 Å². The average molecular weight is 371 g/mol. The molecule has 1 aliphatic rings. The minimum Gasteiger partial charge on any atom is -0.497 e. The molecule has 0 radical (unpaired) electrons. The lowest BCUT2D eigenvalue weighted by Gasteiger charge is -2.27. The van der Waals surface area contributed by atoms with E-state index in [4.69, 9.17) is 21.1 Å². The molecule has 134 valence electrons. The van der Waals surface area contributed by atoms with Crippen LogP contribution in [0.2, 0.25) is 5.02 Å². The zero-order valence-electron chi connectivity index (χ0n) is 14.3. The smallest absolute Gasteiger partial charge is 0.224 e. The van der Waals surface area contributed by atoms with E-state index in [0.29, 0.717) is 23.8 Å². The van der Waals surface area contributed by atoms with Gasteiger partial charge < -0.3 is 19.8 Å². The number of hydrogen-bond acceptors (Lipinski definition) is 3. The van der Waals surface area contributed by atoms with Gasteiger partial charge in [0.05, 0.1) is 31.2 Å². The number of benzene rings is 2. The normalized spacial score (nSPS) is 16.0. The molecular formula is C20H19ClN2O3. The lowest BCUT2D eigenvalue weighted by atomic mass is 10.00. The van der Waals surface area contributed by atoms with E-state index in [1.807, 2.05) is 36.5 Å². The van der Waals surface area contributed by atoms with Crippen LogP contribution in [0.15, 0.2) is 42.6 Å². The highest BCUT2D eigenvalue weighted by Gasteiger charge is 2.25. The van der Waals surface area contributed by atoms with Crippen molar-refractivity contribution in [2.45, 2.75) is 18.9 Å². The van der Waals surface area contributed by atoms with E-state index in [-0.39, 0.29) is 11.9 Å². The summed E-state index contributed by atoms with van der Waals surface area (Å²) in [6, 6.07) is 11.3. The maximum Gasteiger partial charge on any atom is 0.224 e. The molecule has 1 unspecified atom stereocenters. The second-order valence-corrected chi connectivity index (χ2v) is 6.72. The summed E-state index contributed by atoms with van der Waals surface area (Å²) >= 11 is 6.20. The molecule has 0 spiro atoms. The van der Waals surface area contributed by atoms with Gasteiger partial charge in [0.2, 0.25) is 5.91 Å². The van der Waals surface area contributed by atoms with Crippen molar-refractivity contribution in [1.29, 1.82) is 0 Å². The van der Waals surface area contributed by atoms with Crippen molar-refractivity contribution in [3.05, 3.63) is 58.7 Å². The first-order valence-electron chi connectivity index (χ1n) is 8.50. The number of H-pyrrole nitrogens is 1. The lowest BCUT2D eigenvalue weighted by Crippen LogP contribution is -2.33. The van der Waals surface area contributed by atoms with Crippen LogP contribution in [-0.4, -0.2) is 24.6 Å². The van der Waals surface area contributed by atoms with Gasteiger partial charge in [-0.1, -0.05) is 23.7 Å². The molecule has 5 nitrogen and oxygen atoms in total. The molecule has 1 aliphatic heterocycles. The summed E-state index contributed by atoms with van der Waals surface area (Å²) in [5, 5.41) is 4.68. The Morgan fingerprint density at radius 1 is 1.38 bits per heavy atom. The molecule has 0 aliphatic carbocycles. The molecule has 1 amide bonds. The van der Waals surface area contributed by atoms with E-state index in [0.717, 1.165) is 34.2 Å². The Kier molecular flexibility index (Phi) is 4.47. The van der Waals surface area contributed by atoms with Gasteiger partial charge in [0.1, 0.15) is 11.5 Å². The first-order chi connectivity index (χ1) is 12.7. The van der Waals surface area contributed by atoms with Crippen LogP contribution in [0.25, 0.3) is 10.9 Å². The standard InChI is InChI=1S/C20H19ClN2O3/c1-25-13-5-6-17-15(10-13)12(11-22-17)9-19(24)23-18-7-8-26-20-14(18)3-2-4-16(20)21/h2-6,10-11,18,22H,7-9H2,1H3,(H,23,24). The molecule has 0 saturated carbocycles. The number of carbonyl (C=O) groups is 1. The van der Waals surface area contributed by atoms with Crippen LogP contribution in [0, 0.1) is 0 Å². The third-order valence-electron chi connectivity index (χ3n) is 4.69. The van der Waals surface area contributed by atoms with Crippen molar-refractivity contribution in [1.82, 2.24) is 10.3 Å². The zero-order valence-corrected chi connectivity index (χ0v) is 15.1. The van der Waals surface area contributed by atoms with Gasteiger partial charge in [0.25, 0.3) is 0 Å². The third kappa shape index (κ3) is 3.10. The Morgan fingerprint density at radius 3 is 3.12 bits per heavy atom. The highest BCUT2D eigenvalue weighted by Crippen LogP contribution is 2.37. The van der Waals surface area contributed by atoms with Crippen LogP contribution >= 0.6 is 11.6 Å². The maximum atomic E-state index is 12.6. The van der Waals surface area contributed by atoms with Crippen LogP contribution in [0.4, 0.5) is 0 Å². The number of nitrogens with one attached hydrogen (secondary N) is 2. The molecule has 6 heteroatoms. The molecule has 1 atom stereocenters. The molecule has 4 rings (SSSR count).